The molecule has 6 heteroatoms. The van der Waals surface area contributed by atoms with Gasteiger partial charge in [0.25, 0.3) is 0 Å². The lowest BCUT2D eigenvalue weighted by molar-refractivity contribution is 0.0529. The number of aromatic nitrogens is 2. The van der Waals surface area contributed by atoms with Gasteiger partial charge in [-0.05, 0) is 30.7 Å². The highest BCUT2D eigenvalue weighted by Gasteiger charge is 2.17. The van der Waals surface area contributed by atoms with E-state index in [1.807, 2.05) is 18.3 Å². The molecule has 0 unspecified atom stereocenters. The Bertz CT molecular complexity index is 637. The molecule has 0 spiro atoms. The summed E-state index contributed by atoms with van der Waals surface area (Å²) in [5, 5.41) is 3.95. The van der Waals surface area contributed by atoms with E-state index in [4.69, 9.17) is 16.3 Å². The van der Waals surface area contributed by atoms with Crippen LogP contribution in [0.4, 0.5) is 11.5 Å². The number of nitrogens with one attached hydrogen (secondary N) is 1. The zero-order valence-electron chi connectivity index (χ0n) is 12.5. The van der Waals surface area contributed by atoms with Gasteiger partial charge < -0.3 is 15.0 Å². The lowest BCUT2D eigenvalue weighted by Gasteiger charge is -2.32. The van der Waals surface area contributed by atoms with Crippen molar-refractivity contribution in [2.24, 2.45) is 0 Å². The van der Waals surface area contributed by atoms with Gasteiger partial charge in [-0.3, -0.25) is 4.98 Å². The normalized spacial score (nSPS) is 18.3. The third-order valence-corrected chi connectivity index (χ3v) is 3.93. The monoisotopic (exact) mass is 318 g/mol. The highest BCUT2D eigenvalue weighted by Crippen LogP contribution is 2.21. The van der Waals surface area contributed by atoms with Gasteiger partial charge in [-0.2, -0.15) is 0 Å². The van der Waals surface area contributed by atoms with Gasteiger partial charge in [0.1, 0.15) is 5.82 Å². The van der Waals surface area contributed by atoms with E-state index in [1.54, 1.807) is 12.4 Å². The molecule has 0 aromatic carbocycles. The van der Waals surface area contributed by atoms with Crippen LogP contribution in [0, 0.1) is 0 Å². The third kappa shape index (κ3) is 3.67. The average molecular weight is 319 g/mol. The molecule has 1 fully saturated rings. The predicted molar refractivity (Wildman–Crippen MR) is 88.4 cm³/mol. The maximum absolute atomic E-state index is 6.10. The van der Waals surface area contributed by atoms with Crippen molar-refractivity contribution in [3.63, 3.8) is 0 Å². The standard InChI is InChI=1S/C16H19ClN4O/c1-12-11-21(6-7-22-12)16-8-13(2-5-19-16)9-20-15-3-4-18-10-14(15)17/h2-5,8,10,12H,6-7,9,11H2,1H3,(H,18,20)/t12-/m0/s1. The Morgan fingerprint density at radius 1 is 1.41 bits per heavy atom. The molecule has 0 radical (unpaired) electrons. The number of nitrogens with zero attached hydrogens (tertiary/aromatic N) is 3. The van der Waals surface area contributed by atoms with E-state index in [2.05, 4.69) is 33.2 Å². The molecule has 5 nitrogen and oxygen atoms in total. The van der Waals surface area contributed by atoms with Gasteiger partial charge in [0, 0.05) is 38.2 Å². The summed E-state index contributed by atoms with van der Waals surface area (Å²) in [5.74, 6) is 0.996. The van der Waals surface area contributed by atoms with E-state index in [1.165, 1.54) is 0 Å². The molecule has 1 saturated heterocycles. The summed E-state index contributed by atoms with van der Waals surface area (Å²) in [6.07, 6.45) is 5.45. The number of anilines is 2. The van der Waals surface area contributed by atoms with Crippen molar-refractivity contribution in [1.82, 2.24) is 9.97 Å². The number of morpholine rings is 1. The molecule has 0 saturated carbocycles. The van der Waals surface area contributed by atoms with Crippen LogP contribution in [0.25, 0.3) is 0 Å². The van der Waals surface area contributed by atoms with Crippen LogP contribution in [0.15, 0.2) is 36.8 Å². The summed E-state index contributed by atoms with van der Waals surface area (Å²) in [7, 11) is 0. The van der Waals surface area contributed by atoms with E-state index < -0.39 is 0 Å². The molecule has 0 amide bonds. The number of rotatable bonds is 4. The van der Waals surface area contributed by atoms with Crippen LogP contribution < -0.4 is 10.2 Å². The van der Waals surface area contributed by atoms with Gasteiger partial charge in [0.05, 0.1) is 23.4 Å². The van der Waals surface area contributed by atoms with Gasteiger partial charge in [0.2, 0.25) is 0 Å². The first kappa shape index (κ1) is 15.1. The first-order valence-corrected chi connectivity index (χ1v) is 7.75. The number of hydrogen-bond donors (Lipinski definition) is 1. The van der Waals surface area contributed by atoms with Gasteiger partial charge in [0.15, 0.2) is 0 Å². The van der Waals surface area contributed by atoms with Gasteiger partial charge in [-0.1, -0.05) is 11.6 Å². The Labute approximate surface area is 135 Å². The van der Waals surface area contributed by atoms with E-state index in [0.29, 0.717) is 11.6 Å². The zero-order chi connectivity index (χ0) is 15.4. The Kier molecular flexibility index (Phi) is 4.75. The minimum atomic E-state index is 0.243. The van der Waals surface area contributed by atoms with Crippen molar-refractivity contribution in [2.45, 2.75) is 19.6 Å². The molecule has 1 N–H and O–H groups in total. The molecule has 2 aromatic rings. The lowest BCUT2D eigenvalue weighted by Crippen LogP contribution is -2.41. The molecule has 1 atom stereocenters. The first-order chi connectivity index (χ1) is 10.7. The molecule has 1 aliphatic heterocycles. The zero-order valence-corrected chi connectivity index (χ0v) is 13.3. The highest BCUT2D eigenvalue weighted by atomic mass is 35.5. The SMILES string of the molecule is C[C@H]1CN(c2cc(CNc3ccncc3Cl)ccn2)CCO1. The summed E-state index contributed by atoms with van der Waals surface area (Å²) >= 11 is 6.10. The van der Waals surface area contributed by atoms with E-state index in [0.717, 1.165) is 36.8 Å². The highest BCUT2D eigenvalue weighted by molar-refractivity contribution is 6.33. The Hall–Kier alpha value is -1.85. The van der Waals surface area contributed by atoms with Crippen LogP contribution in [0.1, 0.15) is 12.5 Å². The second-order valence-corrected chi connectivity index (χ2v) is 5.77. The fourth-order valence-corrected chi connectivity index (χ4v) is 2.67. The fraction of sp³-hybridized carbons (Fsp3) is 0.375. The van der Waals surface area contributed by atoms with Crippen LogP contribution in [0.2, 0.25) is 5.02 Å². The molecule has 0 bridgehead atoms. The van der Waals surface area contributed by atoms with Crippen LogP contribution in [0.5, 0.6) is 0 Å². The van der Waals surface area contributed by atoms with Crippen LogP contribution in [-0.4, -0.2) is 35.8 Å². The van der Waals surface area contributed by atoms with Crippen molar-refractivity contribution >= 4 is 23.1 Å². The van der Waals surface area contributed by atoms with Crippen LogP contribution in [0.3, 0.4) is 0 Å². The average Bonchev–Trinajstić information content (AvgIpc) is 2.54. The summed E-state index contributed by atoms with van der Waals surface area (Å²) in [6, 6.07) is 5.99. The first-order valence-electron chi connectivity index (χ1n) is 7.37. The molecule has 3 rings (SSSR count). The van der Waals surface area contributed by atoms with E-state index in [9.17, 15) is 0 Å². The van der Waals surface area contributed by atoms with Crippen LogP contribution in [-0.2, 0) is 11.3 Å². The summed E-state index contributed by atoms with van der Waals surface area (Å²) in [4.78, 5) is 10.7. The Balaban J connectivity index is 1.67. The summed E-state index contributed by atoms with van der Waals surface area (Å²) < 4.78 is 5.58. The number of hydrogen-bond acceptors (Lipinski definition) is 5. The fourth-order valence-electron chi connectivity index (χ4n) is 2.49. The van der Waals surface area contributed by atoms with E-state index >= 15 is 0 Å². The quantitative estimate of drug-likeness (QED) is 0.939. The molecule has 1 aliphatic rings. The molecular formula is C16H19ClN4O. The molecule has 22 heavy (non-hydrogen) atoms. The minimum Gasteiger partial charge on any atom is -0.380 e. The third-order valence-electron chi connectivity index (χ3n) is 3.63. The summed E-state index contributed by atoms with van der Waals surface area (Å²) in [6.45, 7) is 5.28. The summed E-state index contributed by atoms with van der Waals surface area (Å²) in [5.41, 5.74) is 2.05. The topological polar surface area (TPSA) is 50.3 Å². The van der Waals surface area contributed by atoms with Crippen LogP contribution >= 0.6 is 11.6 Å². The second kappa shape index (κ2) is 6.94. The molecule has 2 aromatic heterocycles. The number of pyridine rings is 2. The van der Waals surface area contributed by atoms with Crippen molar-refractivity contribution in [2.75, 3.05) is 29.9 Å². The maximum Gasteiger partial charge on any atom is 0.128 e. The van der Waals surface area contributed by atoms with Crippen molar-refractivity contribution in [3.05, 3.63) is 47.4 Å². The smallest absolute Gasteiger partial charge is 0.128 e. The Morgan fingerprint density at radius 3 is 3.14 bits per heavy atom. The van der Waals surface area contributed by atoms with Crippen molar-refractivity contribution < 1.29 is 4.74 Å². The Morgan fingerprint density at radius 2 is 2.32 bits per heavy atom. The minimum absolute atomic E-state index is 0.243. The van der Waals surface area contributed by atoms with Crippen molar-refractivity contribution in [3.8, 4) is 0 Å². The molecule has 0 aliphatic carbocycles. The second-order valence-electron chi connectivity index (χ2n) is 5.36. The number of ether oxygens (including phenoxy) is 1. The number of halogens is 1. The van der Waals surface area contributed by atoms with Gasteiger partial charge >= 0.3 is 0 Å². The molecule has 3 heterocycles. The van der Waals surface area contributed by atoms with Crippen molar-refractivity contribution in [1.29, 1.82) is 0 Å². The van der Waals surface area contributed by atoms with E-state index in [-0.39, 0.29) is 6.10 Å². The van der Waals surface area contributed by atoms with Gasteiger partial charge in [-0.25, -0.2) is 4.98 Å². The lowest BCUT2D eigenvalue weighted by atomic mass is 10.2. The molecule has 116 valence electrons. The largest absolute Gasteiger partial charge is 0.380 e. The maximum atomic E-state index is 6.10. The molecular weight excluding hydrogens is 300 g/mol. The van der Waals surface area contributed by atoms with Gasteiger partial charge in [-0.15, -0.1) is 0 Å². The predicted octanol–water partition coefficient (Wildman–Crippen LogP) is 2.97.